The molecule has 5 heteroatoms. The predicted molar refractivity (Wildman–Crippen MR) is 80.4 cm³/mol. The van der Waals surface area contributed by atoms with E-state index in [1.807, 2.05) is 0 Å². The topological polar surface area (TPSA) is 63.6 Å². The molecule has 1 aromatic rings. The second-order valence-corrected chi connectivity index (χ2v) is 5.09. The molecular weight excluding hydrogens is 324 g/mol. The van der Waals surface area contributed by atoms with Gasteiger partial charge < -0.3 is 9.84 Å². The number of hydrogen-bond donors (Lipinski definition) is 1. The van der Waals surface area contributed by atoms with Gasteiger partial charge in [-0.15, -0.1) is 0 Å². The highest BCUT2D eigenvalue weighted by Crippen LogP contribution is 2.18. The van der Waals surface area contributed by atoms with Crippen molar-refractivity contribution >= 4 is 27.7 Å². The number of carbonyl (C=O) groups excluding carboxylic acids is 1. The molecule has 4 nitrogen and oxygen atoms in total. The second-order valence-electron chi connectivity index (χ2n) is 4.24. The molecule has 0 saturated carbocycles. The maximum Gasteiger partial charge on any atom is 0.329 e. The smallest absolute Gasteiger partial charge is 0.329 e. The van der Waals surface area contributed by atoms with Crippen molar-refractivity contribution in [2.24, 2.45) is 0 Å². The van der Waals surface area contributed by atoms with Crippen molar-refractivity contribution in [1.29, 1.82) is 0 Å². The van der Waals surface area contributed by atoms with E-state index >= 15 is 0 Å². The van der Waals surface area contributed by atoms with Crippen LogP contribution < -0.4 is 4.74 Å². The molecule has 0 radical (unpaired) electrons. The largest absolute Gasteiger partial charge is 0.494 e. The zero-order chi connectivity index (χ0) is 15.0. The average molecular weight is 341 g/mol. The highest BCUT2D eigenvalue weighted by atomic mass is 79.9. The van der Waals surface area contributed by atoms with Gasteiger partial charge in [0.05, 0.1) is 11.1 Å². The van der Waals surface area contributed by atoms with E-state index in [2.05, 4.69) is 22.9 Å². The molecule has 0 aliphatic rings. The van der Waals surface area contributed by atoms with Crippen LogP contribution in [0.4, 0.5) is 0 Å². The molecule has 20 heavy (non-hydrogen) atoms. The number of rotatable bonds is 8. The van der Waals surface area contributed by atoms with E-state index in [0.717, 1.165) is 25.3 Å². The van der Waals surface area contributed by atoms with Crippen LogP contribution in [0.15, 0.2) is 34.8 Å². The summed E-state index contributed by atoms with van der Waals surface area (Å²) in [5.41, 5.74) is 0.412. The number of carbonyl (C=O) groups is 2. The van der Waals surface area contributed by atoms with Gasteiger partial charge in [-0.2, -0.15) is 0 Å². The van der Waals surface area contributed by atoms with Crippen LogP contribution in [-0.2, 0) is 4.79 Å². The lowest BCUT2D eigenvalue weighted by atomic mass is 10.1. The van der Waals surface area contributed by atoms with Crippen LogP contribution in [-0.4, -0.2) is 23.5 Å². The Labute approximate surface area is 126 Å². The summed E-state index contributed by atoms with van der Waals surface area (Å²) in [7, 11) is 0. The van der Waals surface area contributed by atoms with E-state index in [0.29, 0.717) is 17.9 Å². The lowest BCUT2D eigenvalue weighted by Gasteiger charge is -2.06. The van der Waals surface area contributed by atoms with Crippen LogP contribution >= 0.6 is 15.9 Å². The van der Waals surface area contributed by atoms with Crippen molar-refractivity contribution < 1.29 is 19.4 Å². The molecule has 0 heterocycles. The Kier molecular flexibility index (Phi) is 7.01. The summed E-state index contributed by atoms with van der Waals surface area (Å²) in [6.45, 7) is 2.78. The summed E-state index contributed by atoms with van der Waals surface area (Å²) in [6.07, 6.45) is 4.10. The van der Waals surface area contributed by atoms with E-state index in [-0.39, 0.29) is 10.3 Å². The average Bonchev–Trinajstić information content (AvgIpc) is 2.43. The highest BCUT2D eigenvalue weighted by molar-refractivity contribution is 9.12. The third-order valence-electron chi connectivity index (χ3n) is 2.60. The summed E-state index contributed by atoms with van der Waals surface area (Å²) >= 11 is 2.96. The lowest BCUT2D eigenvalue weighted by molar-refractivity contribution is -0.131. The number of benzene rings is 1. The number of ketones is 1. The molecule has 0 atom stereocenters. The van der Waals surface area contributed by atoms with Gasteiger partial charge in [0.15, 0.2) is 5.78 Å². The third-order valence-corrected chi connectivity index (χ3v) is 3.19. The molecule has 1 aromatic carbocycles. The Morgan fingerprint density at radius 1 is 1.25 bits per heavy atom. The van der Waals surface area contributed by atoms with Gasteiger partial charge in [0.25, 0.3) is 0 Å². The van der Waals surface area contributed by atoms with Crippen LogP contribution in [0.2, 0.25) is 0 Å². The van der Waals surface area contributed by atoms with Gasteiger partial charge in [0.1, 0.15) is 5.75 Å². The number of aliphatic carboxylic acids is 1. The fraction of sp³-hybridized carbons (Fsp3) is 0.333. The number of Topliss-reactive ketones (excluding diaryl/α,β-unsaturated/α-hetero) is 1. The first-order chi connectivity index (χ1) is 9.54. The number of ether oxygens (including phenoxy) is 1. The van der Waals surface area contributed by atoms with Gasteiger partial charge in [-0.3, -0.25) is 4.79 Å². The third kappa shape index (κ3) is 5.57. The zero-order valence-electron chi connectivity index (χ0n) is 11.3. The van der Waals surface area contributed by atoms with Gasteiger partial charge >= 0.3 is 5.97 Å². The number of allylic oxidation sites excluding steroid dienone is 1. The minimum absolute atomic E-state index is 0.0154. The normalized spacial score (nSPS) is 11.2. The Bertz CT molecular complexity index is 491. The van der Waals surface area contributed by atoms with Crippen molar-refractivity contribution in [3.63, 3.8) is 0 Å². The molecule has 0 saturated heterocycles. The minimum atomic E-state index is -1.17. The molecule has 0 bridgehead atoms. The van der Waals surface area contributed by atoms with Crippen LogP contribution in [0.1, 0.15) is 36.5 Å². The van der Waals surface area contributed by atoms with Crippen molar-refractivity contribution in [3.8, 4) is 5.75 Å². The van der Waals surface area contributed by atoms with Gasteiger partial charge in [0, 0.05) is 11.6 Å². The molecule has 0 amide bonds. The first-order valence-corrected chi connectivity index (χ1v) is 7.21. The highest BCUT2D eigenvalue weighted by Gasteiger charge is 2.11. The fourth-order valence-corrected chi connectivity index (χ4v) is 1.98. The van der Waals surface area contributed by atoms with Gasteiger partial charge in [-0.25, -0.2) is 4.79 Å². The summed E-state index contributed by atoms with van der Waals surface area (Å²) in [5.74, 6) is -0.831. The molecule has 0 aromatic heterocycles. The van der Waals surface area contributed by atoms with Crippen molar-refractivity contribution in [2.45, 2.75) is 26.2 Å². The van der Waals surface area contributed by atoms with Gasteiger partial charge in [0.2, 0.25) is 0 Å². The Hall–Kier alpha value is -1.62. The summed E-state index contributed by atoms with van der Waals surface area (Å²) in [6, 6.07) is 6.66. The van der Waals surface area contributed by atoms with Crippen LogP contribution in [0.25, 0.3) is 0 Å². The van der Waals surface area contributed by atoms with Gasteiger partial charge in [-0.05, 0) is 46.6 Å². The first-order valence-electron chi connectivity index (χ1n) is 6.42. The Balaban J connectivity index is 2.62. The molecule has 1 rings (SSSR count). The molecule has 108 valence electrons. The maximum absolute atomic E-state index is 11.9. The lowest BCUT2D eigenvalue weighted by Crippen LogP contribution is -2.02. The van der Waals surface area contributed by atoms with Crippen LogP contribution in [0.5, 0.6) is 5.75 Å². The van der Waals surface area contributed by atoms with Gasteiger partial charge in [-0.1, -0.05) is 19.8 Å². The zero-order valence-corrected chi connectivity index (χ0v) is 12.9. The monoisotopic (exact) mass is 340 g/mol. The summed E-state index contributed by atoms with van der Waals surface area (Å²) in [4.78, 5) is 22.4. The standard InChI is InChI=1S/C15H17BrO4/c1-2-3-4-9-20-12-7-5-11(6-8-12)15(19)13(16)10-14(17)18/h5-8,10H,2-4,9H2,1H3,(H,17,18). The quantitative estimate of drug-likeness (QED) is 0.444. The molecule has 0 spiro atoms. The van der Waals surface area contributed by atoms with E-state index in [9.17, 15) is 9.59 Å². The Morgan fingerprint density at radius 2 is 1.90 bits per heavy atom. The molecular formula is C15H17BrO4. The summed E-state index contributed by atoms with van der Waals surface area (Å²) < 4.78 is 5.55. The SMILES string of the molecule is CCCCCOc1ccc(C(=O)C(Br)=CC(=O)O)cc1. The predicted octanol–water partition coefficient (Wildman–Crippen LogP) is 3.80. The Morgan fingerprint density at radius 3 is 2.45 bits per heavy atom. The number of carboxylic acids is 1. The van der Waals surface area contributed by atoms with Crippen LogP contribution in [0, 0.1) is 0 Å². The van der Waals surface area contributed by atoms with E-state index in [1.54, 1.807) is 24.3 Å². The molecule has 0 unspecified atom stereocenters. The molecule has 1 N–H and O–H groups in total. The fourth-order valence-electron chi connectivity index (χ4n) is 1.56. The van der Waals surface area contributed by atoms with Crippen LogP contribution in [0.3, 0.4) is 0 Å². The molecule has 0 fully saturated rings. The van der Waals surface area contributed by atoms with E-state index < -0.39 is 5.97 Å². The first kappa shape index (κ1) is 16.4. The number of carboxylic acid groups (broad SMARTS) is 1. The number of hydrogen-bond acceptors (Lipinski definition) is 3. The number of halogens is 1. The van der Waals surface area contributed by atoms with Crippen molar-refractivity contribution in [1.82, 2.24) is 0 Å². The van der Waals surface area contributed by atoms with E-state index in [1.165, 1.54) is 0 Å². The molecule has 0 aliphatic carbocycles. The summed E-state index contributed by atoms with van der Waals surface area (Å²) in [5, 5.41) is 8.59. The molecule has 0 aliphatic heterocycles. The maximum atomic E-state index is 11.9. The van der Waals surface area contributed by atoms with Crippen molar-refractivity contribution in [2.75, 3.05) is 6.61 Å². The second kappa shape index (κ2) is 8.53. The minimum Gasteiger partial charge on any atom is -0.494 e. The number of unbranched alkanes of at least 4 members (excludes halogenated alkanes) is 2. The van der Waals surface area contributed by atoms with Crippen molar-refractivity contribution in [3.05, 3.63) is 40.4 Å². The van der Waals surface area contributed by atoms with E-state index in [4.69, 9.17) is 9.84 Å².